The van der Waals surface area contributed by atoms with Gasteiger partial charge >= 0.3 is 0 Å². The van der Waals surface area contributed by atoms with Crippen molar-refractivity contribution in [1.29, 1.82) is 0 Å². The summed E-state index contributed by atoms with van der Waals surface area (Å²) in [5.74, 6) is -0.164. The third-order valence-electron chi connectivity index (χ3n) is 14.1. The van der Waals surface area contributed by atoms with Crippen LogP contribution in [0.1, 0.15) is 305 Å². The molecule has 66 heavy (non-hydrogen) atoms. The van der Waals surface area contributed by atoms with Gasteiger partial charge in [0.15, 0.2) is 0 Å². The third kappa shape index (κ3) is 40.0. The Bertz CT molecular complexity index is 1040. The normalized spacial score (nSPS) is 11.6. The molecule has 0 fully saturated rings. The molecule has 0 aliphatic heterocycles. The maximum atomic E-state index is 13.4. The van der Waals surface area contributed by atoms with Crippen LogP contribution in [0, 0.1) is 0 Å². The first-order chi connectivity index (χ1) is 32.5. The molecule has 2 N–H and O–H groups in total. The molecule has 0 bridgehead atoms. The largest absolute Gasteiger partial charge is 0.351 e. The molecule has 0 radical (unpaired) electrons. The van der Waals surface area contributed by atoms with E-state index in [2.05, 4.69) is 48.1 Å². The highest BCUT2D eigenvalue weighted by atomic mass is 16.2. The second-order valence-corrected chi connectivity index (χ2v) is 20.5. The predicted molar refractivity (Wildman–Crippen MR) is 291 cm³/mol. The van der Waals surface area contributed by atoms with E-state index in [1.54, 1.807) is 6.07 Å². The van der Waals surface area contributed by atoms with Crippen molar-refractivity contribution < 1.29 is 9.59 Å². The zero-order chi connectivity index (χ0) is 47.6. The van der Waals surface area contributed by atoms with Crippen LogP contribution in [-0.2, 0) is 0 Å². The first-order valence-corrected chi connectivity index (χ1v) is 29.7. The molecule has 0 atom stereocenters. The van der Waals surface area contributed by atoms with E-state index in [9.17, 15) is 9.59 Å². The minimum Gasteiger partial charge on any atom is -0.351 e. The predicted octanol–water partition coefficient (Wildman–Crippen LogP) is 17.4. The minimum absolute atomic E-state index is 0.0818. The number of carbonyl (C=O) groups excluding carboxylic acids is 2. The number of nitrogens with zero attached hydrogens (tertiary/aromatic N) is 2. The fraction of sp³-hybridized carbons (Fsp3) is 0.867. The van der Waals surface area contributed by atoms with E-state index in [4.69, 9.17) is 0 Å². The summed E-state index contributed by atoms with van der Waals surface area (Å²) in [5.41, 5.74) is 1.14. The smallest absolute Gasteiger partial charge is 0.251 e. The molecule has 0 heterocycles. The highest BCUT2D eigenvalue weighted by Gasteiger charge is 2.13. The van der Waals surface area contributed by atoms with Crippen LogP contribution in [0.5, 0.6) is 0 Å². The lowest BCUT2D eigenvalue weighted by Crippen LogP contribution is -2.37. The van der Waals surface area contributed by atoms with Crippen LogP contribution < -0.4 is 10.6 Å². The maximum absolute atomic E-state index is 13.4. The Hall–Kier alpha value is -1.92. The van der Waals surface area contributed by atoms with Crippen LogP contribution in [0.3, 0.4) is 0 Å². The summed E-state index contributed by atoms with van der Waals surface area (Å²) in [7, 11) is 0. The first kappa shape index (κ1) is 62.1. The molecule has 0 aromatic heterocycles. The number of carbonyl (C=O) groups is 2. The average Bonchev–Trinajstić information content (AvgIpc) is 3.33. The number of benzene rings is 1. The highest BCUT2D eigenvalue weighted by Crippen LogP contribution is 2.16. The molecular weight excluding hydrogens is 809 g/mol. The molecular formula is C60H114N4O2. The molecule has 0 saturated carbocycles. The number of hydrogen-bond donors (Lipinski definition) is 2. The molecule has 1 aromatic carbocycles. The number of nitrogens with one attached hydrogen (secondary N) is 2. The molecule has 0 spiro atoms. The van der Waals surface area contributed by atoms with Gasteiger partial charge in [0.2, 0.25) is 0 Å². The van der Waals surface area contributed by atoms with Crippen molar-refractivity contribution in [2.75, 3.05) is 52.4 Å². The highest BCUT2D eigenvalue weighted by molar-refractivity contribution is 5.99. The molecule has 0 unspecified atom stereocenters. The molecule has 6 nitrogen and oxygen atoms in total. The summed E-state index contributed by atoms with van der Waals surface area (Å²) in [5, 5.41) is 6.41. The van der Waals surface area contributed by atoms with Gasteiger partial charge < -0.3 is 20.4 Å². The lowest BCUT2D eigenvalue weighted by atomic mass is 10.1. The Kier molecular flexibility index (Phi) is 46.6. The Labute approximate surface area is 412 Å². The fourth-order valence-electron chi connectivity index (χ4n) is 9.62. The van der Waals surface area contributed by atoms with Crippen molar-refractivity contribution in [2.24, 2.45) is 0 Å². The van der Waals surface area contributed by atoms with Gasteiger partial charge in [-0.05, 0) is 70.1 Å². The Balaban J connectivity index is 2.58. The van der Waals surface area contributed by atoms with Crippen LogP contribution in [0.25, 0.3) is 0 Å². The summed E-state index contributed by atoms with van der Waals surface area (Å²) in [6.07, 6.45) is 54.3. The average molecular weight is 924 g/mol. The Morgan fingerprint density at radius 1 is 0.318 bits per heavy atom. The summed E-state index contributed by atoms with van der Waals surface area (Å²) < 4.78 is 0. The maximum Gasteiger partial charge on any atom is 0.251 e. The van der Waals surface area contributed by atoms with Crippen molar-refractivity contribution >= 4 is 11.8 Å². The Morgan fingerprint density at radius 3 is 0.758 bits per heavy atom. The van der Waals surface area contributed by atoms with E-state index in [-0.39, 0.29) is 11.8 Å². The van der Waals surface area contributed by atoms with Gasteiger partial charge in [0.1, 0.15) is 0 Å². The quantitative estimate of drug-likeness (QED) is 0.0639. The topological polar surface area (TPSA) is 64.7 Å². The van der Waals surface area contributed by atoms with Gasteiger partial charge in [-0.3, -0.25) is 9.59 Å². The van der Waals surface area contributed by atoms with E-state index in [0.717, 1.165) is 39.3 Å². The molecule has 386 valence electrons. The molecule has 2 amide bonds. The zero-order valence-electron chi connectivity index (χ0n) is 45.0. The van der Waals surface area contributed by atoms with E-state index < -0.39 is 0 Å². The standard InChI is InChI=1S/C60H114N4O2/c1-5-9-13-17-21-25-29-33-37-41-50-63(51-42-38-34-30-26-22-18-14-10-6-2)54-48-61-59(65)57-46-45-47-58(56-57)60(66)62-49-55-64(52-43-39-35-31-27-23-19-15-11-7-3)53-44-40-36-32-28-24-20-16-12-8-4/h45-47,56H,5-44,48-55H2,1-4H3,(H,61,65)(H,62,66). The van der Waals surface area contributed by atoms with Crippen LogP contribution in [0.4, 0.5) is 0 Å². The molecule has 0 saturated heterocycles. The van der Waals surface area contributed by atoms with Crippen LogP contribution in [0.15, 0.2) is 24.3 Å². The van der Waals surface area contributed by atoms with Crippen molar-refractivity contribution in [1.82, 2.24) is 20.4 Å². The molecule has 0 aliphatic rings. The number of hydrogen-bond acceptors (Lipinski definition) is 4. The fourth-order valence-corrected chi connectivity index (χ4v) is 9.62. The van der Waals surface area contributed by atoms with Crippen LogP contribution in [0.2, 0.25) is 0 Å². The van der Waals surface area contributed by atoms with Crippen molar-refractivity contribution in [3.63, 3.8) is 0 Å². The second-order valence-electron chi connectivity index (χ2n) is 20.5. The SMILES string of the molecule is CCCCCCCCCCCCN(CCCCCCCCCCCC)CCNC(=O)c1cccc(C(=O)NCCN(CCCCCCCCCCCC)CCCCCCCCCCCC)c1. The van der Waals surface area contributed by atoms with Gasteiger partial charge in [0.05, 0.1) is 0 Å². The van der Waals surface area contributed by atoms with Gasteiger partial charge in [-0.15, -0.1) is 0 Å². The number of amides is 2. The van der Waals surface area contributed by atoms with Crippen LogP contribution >= 0.6 is 0 Å². The van der Waals surface area contributed by atoms with Crippen molar-refractivity contribution in [3.8, 4) is 0 Å². The van der Waals surface area contributed by atoms with Gasteiger partial charge in [0, 0.05) is 37.3 Å². The molecule has 6 heteroatoms. The molecule has 0 aliphatic carbocycles. The van der Waals surface area contributed by atoms with Gasteiger partial charge in [0.25, 0.3) is 11.8 Å². The first-order valence-electron chi connectivity index (χ1n) is 29.7. The third-order valence-corrected chi connectivity index (χ3v) is 14.1. The summed E-state index contributed by atoms with van der Waals surface area (Å²) in [4.78, 5) is 32.0. The minimum atomic E-state index is -0.0818. The number of rotatable bonds is 52. The lowest BCUT2D eigenvalue weighted by Gasteiger charge is -2.23. The van der Waals surface area contributed by atoms with Crippen LogP contribution in [-0.4, -0.2) is 74.0 Å². The lowest BCUT2D eigenvalue weighted by molar-refractivity contribution is 0.0947. The van der Waals surface area contributed by atoms with Gasteiger partial charge in [-0.2, -0.15) is 0 Å². The monoisotopic (exact) mass is 923 g/mol. The summed E-state index contributed by atoms with van der Waals surface area (Å²) in [6, 6.07) is 7.33. The van der Waals surface area contributed by atoms with E-state index in [0.29, 0.717) is 24.2 Å². The molecule has 1 aromatic rings. The van der Waals surface area contributed by atoms with Crippen molar-refractivity contribution in [3.05, 3.63) is 35.4 Å². The van der Waals surface area contributed by atoms with Crippen molar-refractivity contribution in [2.45, 2.75) is 285 Å². The summed E-state index contributed by atoms with van der Waals surface area (Å²) in [6.45, 7) is 16.7. The Morgan fingerprint density at radius 2 is 0.530 bits per heavy atom. The second kappa shape index (κ2) is 49.5. The molecule has 1 rings (SSSR count). The van der Waals surface area contributed by atoms with E-state index >= 15 is 0 Å². The van der Waals surface area contributed by atoms with Gasteiger partial charge in [-0.25, -0.2) is 0 Å². The zero-order valence-corrected chi connectivity index (χ0v) is 45.0. The van der Waals surface area contributed by atoms with Gasteiger partial charge in [-0.1, -0.05) is 265 Å². The summed E-state index contributed by atoms with van der Waals surface area (Å²) >= 11 is 0. The number of unbranched alkanes of at least 4 members (excludes halogenated alkanes) is 36. The van der Waals surface area contributed by atoms with E-state index in [1.165, 1.54) is 257 Å². The van der Waals surface area contributed by atoms with E-state index in [1.807, 2.05) is 18.2 Å².